The minimum Gasteiger partial charge on any atom is -0.627 e. The number of ether oxygens (including phenoxy) is 1. The zero-order chi connectivity index (χ0) is 22.7. The van der Waals surface area contributed by atoms with E-state index in [1.807, 2.05) is 0 Å². The number of rotatable bonds is 6. The lowest BCUT2D eigenvalue weighted by Gasteiger charge is -2.41. The van der Waals surface area contributed by atoms with E-state index < -0.39 is 10.5 Å². The molecule has 1 unspecified atom stereocenters. The maximum atomic E-state index is 14.3. The van der Waals surface area contributed by atoms with Crippen molar-refractivity contribution >= 4 is 40.4 Å². The molecule has 1 aliphatic rings. The Morgan fingerprint density at radius 2 is 2.00 bits per heavy atom. The summed E-state index contributed by atoms with van der Waals surface area (Å²) < 4.78 is 19.3. The quantitative estimate of drug-likeness (QED) is 0.304. The van der Waals surface area contributed by atoms with Crippen LogP contribution in [0.1, 0.15) is 0 Å². The van der Waals surface area contributed by atoms with Gasteiger partial charge in [0.1, 0.15) is 13.2 Å². The summed E-state index contributed by atoms with van der Waals surface area (Å²) in [5.74, 6) is -0.392. The highest BCUT2D eigenvalue weighted by Crippen LogP contribution is 2.37. The second-order valence-electron chi connectivity index (χ2n) is 7.27. The second-order valence-corrected chi connectivity index (χ2v) is 7.27. The fourth-order valence-electron chi connectivity index (χ4n) is 3.19. The topological polar surface area (TPSA) is 111 Å². The third-order valence-electron chi connectivity index (χ3n) is 4.82. The highest BCUT2D eigenvalue weighted by atomic mass is 19.1. The number of hydrogen-bond acceptors (Lipinski definition) is 7. The molecular weight excluding hydrogens is 415 g/mol. The maximum absolute atomic E-state index is 14.3. The molecule has 2 aromatic carbocycles. The minimum atomic E-state index is -0.654. The number of anilines is 5. The molecule has 3 aromatic rings. The van der Waals surface area contributed by atoms with E-state index in [4.69, 9.17) is 4.74 Å². The Labute approximate surface area is 183 Å². The van der Waals surface area contributed by atoms with Crippen molar-refractivity contribution in [1.29, 1.82) is 0 Å². The zero-order valence-electron chi connectivity index (χ0n) is 17.3. The summed E-state index contributed by atoms with van der Waals surface area (Å²) in [6.45, 7) is 4.07. The van der Waals surface area contributed by atoms with Crippen LogP contribution in [-0.2, 0) is 4.79 Å². The van der Waals surface area contributed by atoms with Crippen molar-refractivity contribution in [3.63, 3.8) is 0 Å². The number of nitrogens with one attached hydrogen (secondary N) is 3. The number of likely N-dealkylation sites (N-methyl/N-ethyl adjacent to an activating group) is 1. The normalized spacial score (nSPS) is 17.0. The van der Waals surface area contributed by atoms with Crippen LogP contribution in [0.25, 0.3) is 0 Å². The van der Waals surface area contributed by atoms with Gasteiger partial charge in [0.2, 0.25) is 11.9 Å². The Morgan fingerprint density at radius 1 is 1.22 bits per heavy atom. The van der Waals surface area contributed by atoms with Crippen molar-refractivity contribution in [2.24, 2.45) is 0 Å². The summed E-state index contributed by atoms with van der Waals surface area (Å²) in [5.41, 5.74) is 2.09. The van der Waals surface area contributed by atoms with E-state index in [9.17, 15) is 14.4 Å². The number of quaternary nitrogens is 1. The van der Waals surface area contributed by atoms with Gasteiger partial charge in [-0.05, 0) is 36.4 Å². The lowest BCUT2D eigenvalue weighted by molar-refractivity contribution is -0.111. The molecule has 0 spiro atoms. The van der Waals surface area contributed by atoms with Crippen LogP contribution >= 0.6 is 0 Å². The van der Waals surface area contributed by atoms with Crippen LogP contribution in [0, 0.1) is 11.0 Å². The molecule has 0 saturated carbocycles. The van der Waals surface area contributed by atoms with E-state index in [1.54, 1.807) is 49.5 Å². The summed E-state index contributed by atoms with van der Waals surface area (Å²) in [6.07, 6.45) is 2.19. The van der Waals surface area contributed by atoms with Gasteiger partial charge in [0.05, 0.1) is 13.2 Å². The van der Waals surface area contributed by atoms with E-state index in [0.717, 1.165) is 12.3 Å². The lowest BCUT2D eigenvalue weighted by Crippen LogP contribution is -2.44. The molecule has 2 heterocycles. The summed E-state index contributed by atoms with van der Waals surface area (Å²) in [4.78, 5) is 19.7. The summed E-state index contributed by atoms with van der Waals surface area (Å²) in [5, 5.41) is 21.2. The van der Waals surface area contributed by atoms with E-state index in [0.29, 0.717) is 41.7 Å². The first-order valence-corrected chi connectivity index (χ1v) is 9.78. The average Bonchev–Trinajstić information content (AvgIpc) is 2.76. The molecule has 32 heavy (non-hydrogen) atoms. The Hall–Kier alpha value is -4.02. The predicted molar refractivity (Wildman–Crippen MR) is 122 cm³/mol. The van der Waals surface area contributed by atoms with Crippen molar-refractivity contribution < 1.29 is 13.9 Å². The average molecular weight is 436 g/mol. The van der Waals surface area contributed by atoms with E-state index in [2.05, 4.69) is 32.5 Å². The van der Waals surface area contributed by atoms with Crippen LogP contribution in [0.2, 0.25) is 0 Å². The van der Waals surface area contributed by atoms with E-state index in [-0.39, 0.29) is 17.7 Å². The first-order valence-electron chi connectivity index (χ1n) is 9.78. The van der Waals surface area contributed by atoms with Gasteiger partial charge in [0.25, 0.3) is 0 Å². The van der Waals surface area contributed by atoms with Gasteiger partial charge in [0.15, 0.2) is 23.1 Å². The van der Waals surface area contributed by atoms with Gasteiger partial charge in [-0.25, -0.2) is 9.37 Å². The molecule has 0 radical (unpaired) electrons. The van der Waals surface area contributed by atoms with Crippen molar-refractivity contribution in [1.82, 2.24) is 14.6 Å². The number of hydroxylamine groups is 2. The van der Waals surface area contributed by atoms with Crippen LogP contribution in [0.4, 0.5) is 38.9 Å². The molecule has 4 rings (SSSR count). The Bertz CT molecular complexity index is 1180. The smallest absolute Gasteiger partial charge is 0.247 e. The molecule has 0 bridgehead atoms. The largest absolute Gasteiger partial charge is 0.627 e. The highest BCUT2D eigenvalue weighted by Gasteiger charge is 2.25. The molecule has 10 heteroatoms. The molecule has 1 amide bonds. The number of carbonyl (C=O) groups is 1. The molecule has 0 aliphatic carbocycles. The van der Waals surface area contributed by atoms with Crippen molar-refractivity contribution in [2.75, 3.05) is 36.1 Å². The second kappa shape index (κ2) is 8.61. The number of benzene rings is 2. The molecule has 9 nitrogen and oxygen atoms in total. The Balaban J connectivity index is 1.55. The van der Waals surface area contributed by atoms with E-state index >= 15 is 0 Å². The molecular formula is C22H21FN6O3. The molecule has 164 valence electrons. The van der Waals surface area contributed by atoms with Crippen molar-refractivity contribution in [2.45, 2.75) is 0 Å². The van der Waals surface area contributed by atoms with Crippen LogP contribution in [0.3, 0.4) is 0 Å². The molecule has 1 aromatic heterocycles. The summed E-state index contributed by atoms with van der Waals surface area (Å²) in [7, 11) is 1.56. The van der Waals surface area contributed by atoms with E-state index in [1.165, 1.54) is 0 Å². The van der Waals surface area contributed by atoms with Gasteiger partial charge < -0.3 is 30.5 Å². The molecule has 0 saturated heterocycles. The zero-order valence-corrected chi connectivity index (χ0v) is 17.3. The lowest BCUT2D eigenvalue weighted by atomic mass is 10.2. The van der Waals surface area contributed by atoms with Gasteiger partial charge in [-0.1, -0.05) is 12.6 Å². The van der Waals surface area contributed by atoms with Crippen molar-refractivity contribution in [3.8, 4) is 5.75 Å². The van der Waals surface area contributed by atoms with Crippen molar-refractivity contribution in [3.05, 3.63) is 72.3 Å². The minimum absolute atomic E-state index is 0.0552. The van der Waals surface area contributed by atoms with Gasteiger partial charge in [-0.3, -0.25) is 4.79 Å². The van der Waals surface area contributed by atoms with Gasteiger partial charge in [0, 0.05) is 23.1 Å². The first-order chi connectivity index (χ1) is 15.3. The molecule has 1 atom stereocenters. The van der Waals surface area contributed by atoms with Crippen LogP contribution in [0.15, 0.2) is 61.3 Å². The summed E-state index contributed by atoms with van der Waals surface area (Å²) in [6, 6.07) is 11.8. The maximum Gasteiger partial charge on any atom is 0.247 e. The fourth-order valence-corrected chi connectivity index (χ4v) is 3.19. The van der Waals surface area contributed by atoms with Crippen LogP contribution in [-0.4, -0.2) is 36.1 Å². The SMILES string of the molecule is C=CC(=O)Nc1cccc(Nc2nc(Nc3ccc4c(c3)[N+](C)([O-])CCO4)ncc2F)c1. The predicted octanol–water partition coefficient (Wildman–Crippen LogP) is 4.05. The fraction of sp³-hybridized carbons (Fsp3) is 0.136. The van der Waals surface area contributed by atoms with Gasteiger partial charge >= 0.3 is 0 Å². The number of fused-ring (bicyclic) bond motifs is 1. The molecule has 1 aliphatic heterocycles. The third kappa shape index (κ3) is 4.66. The number of aromatic nitrogens is 2. The number of carbonyl (C=O) groups excluding carboxylic acids is 1. The molecule has 0 fully saturated rings. The first kappa shape index (κ1) is 21.2. The Kier molecular flexibility index (Phi) is 5.71. The number of hydrogen-bond donors (Lipinski definition) is 3. The highest BCUT2D eigenvalue weighted by molar-refractivity contribution is 5.99. The standard InChI is InChI=1S/C22H21FN6O3/c1-3-20(30)25-14-5-4-6-15(11-14)26-21-17(23)13-24-22(28-21)27-16-7-8-19-18(12-16)29(2,31)9-10-32-19/h3-8,11-13H,1,9-10H2,2H3,(H,25,30)(H2,24,26,27,28). The number of amides is 1. The number of halogens is 1. The van der Waals surface area contributed by atoms with Crippen LogP contribution < -0.4 is 25.3 Å². The Morgan fingerprint density at radius 3 is 2.81 bits per heavy atom. The number of nitrogens with zero attached hydrogens (tertiary/aromatic N) is 3. The summed E-state index contributed by atoms with van der Waals surface area (Å²) >= 11 is 0. The van der Waals surface area contributed by atoms with Crippen LogP contribution in [0.5, 0.6) is 5.75 Å². The monoisotopic (exact) mass is 436 g/mol. The van der Waals surface area contributed by atoms with Gasteiger partial charge in [-0.2, -0.15) is 4.98 Å². The third-order valence-corrected chi connectivity index (χ3v) is 4.82. The molecule has 3 N–H and O–H groups in total. The van der Waals surface area contributed by atoms with Gasteiger partial charge in [-0.15, -0.1) is 0 Å².